The van der Waals surface area contributed by atoms with Gasteiger partial charge in [-0.1, -0.05) is 50.2 Å². The van der Waals surface area contributed by atoms with Crippen LogP contribution >= 0.6 is 0 Å². The third-order valence-corrected chi connectivity index (χ3v) is 6.18. The predicted octanol–water partition coefficient (Wildman–Crippen LogP) is 6.95. The minimum Gasteiger partial charge on any atom is -0.437 e. The minimum absolute atomic E-state index is 0.650. The van der Waals surface area contributed by atoms with E-state index in [2.05, 4.69) is 98.2 Å². The second kappa shape index (κ2) is 7.90. The lowest BCUT2D eigenvalue weighted by Gasteiger charge is -2.11. The van der Waals surface area contributed by atoms with Crippen molar-refractivity contribution < 1.29 is 8.98 Å². The van der Waals surface area contributed by atoms with Gasteiger partial charge in [0.25, 0.3) is 0 Å². The predicted molar refractivity (Wildman–Crippen MR) is 132 cm³/mol. The van der Waals surface area contributed by atoms with Gasteiger partial charge in [-0.2, -0.15) is 0 Å². The van der Waals surface area contributed by atoms with Crippen molar-refractivity contribution in [1.82, 2.24) is 4.98 Å². The first-order chi connectivity index (χ1) is 15.4. The molecule has 0 unspecified atom stereocenters. The molecule has 0 saturated carbocycles. The van der Waals surface area contributed by atoms with Crippen LogP contribution in [0.3, 0.4) is 0 Å². The molecule has 0 aliphatic heterocycles. The summed E-state index contributed by atoms with van der Waals surface area (Å²) in [7, 11) is 2.11. The minimum atomic E-state index is 0.650. The Labute approximate surface area is 189 Å². The Morgan fingerprint density at radius 3 is 2.41 bits per heavy atom. The van der Waals surface area contributed by atoms with E-state index in [1.54, 1.807) is 0 Å². The molecule has 0 saturated heterocycles. The summed E-state index contributed by atoms with van der Waals surface area (Å²) in [6, 6.07) is 21.8. The molecular formula is C29H29N2O+. The number of aromatic nitrogens is 2. The molecule has 0 radical (unpaired) electrons. The molecule has 3 nitrogen and oxygen atoms in total. The van der Waals surface area contributed by atoms with Gasteiger partial charge in [0.2, 0.25) is 11.4 Å². The Balaban J connectivity index is 1.76. The van der Waals surface area contributed by atoms with Crippen LogP contribution in [-0.4, -0.2) is 4.98 Å². The van der Waals surface area contributed by atoms with Crippen molar-refractivity contribution in [3.8, 4) is 22.4 Å². The van der Waals surface area contributed by atoms with Gasteiger partial charge in [-0.25, -0.2) is 9.55 Å². The molecule has 2 aromatic carbocycles. The van der Waals surface area contributed by atoms with Crippen LogP contribution in [0.2, 0.25) is 0 Å². The van der Waals surface area contributed by atoms with Gasteiger partial charge >= 0.3 is 0 Å². The molecule has 3 aromatic heterocycles. The molecule has 0 spiro atoms. The highest BCUT2D eigenvalue weighted by Crippen LogP contribution is 2.39. The third-order valence-electron chi connectivity index (χ3n) is 6.18. The molecule has 160 valence electrons. The fourth-order valence-electron chi connectivity index (χ4n) is 4.65. The van der Waals surface area contributed by atoms with Crippen molar-refractivity contribution in [2.75, 3.05) is 0 Å². The van der Waals surface area contributed by atoms with Gasteiger partial charge < -0.3 is 4.42 Å². The van der Waals surface area contributed by atoms with Gasteiger partial charge in [0.05, 0.1) is 11.1 Å². The summed E-state index contributed by atoms with van der Waals surface area (Å²) in [5, 5.41) is 2.17. The molecule has 32 heavy (non-hydrogen) atoms. The van der Waals surface area contributed by atoms with Crippen LogP contribution in [-0.2, 0) is 13.5 Å². The number of hydrogen-bond acceptors (Lipinski definition) is 2. The largest absolute Gasteiger partial charge is 0.437 e. The van der Waals surface area contributed by atoms with E-state index in [4.69, 9.17) is 4.42 Å². The Kier molecular flexibility index (Phi) is 5.05. The zero-order chi connectivity index (χ0) is 22.4. The summed E-state index contributed by atoms with van der Waals surface area (Å²) in [5.41, 5.74) is 9.82. The number of pyridine rings is 2. The summed E-state index contributed by atoms with van der Waals surface area (Å²) in [4.78, 5) is 4.64. The normalized spacial score (nSPS) is 11.7. The molecule has 3 heteroatoms. The smallest absolute Gasteiger partial charge is 0.227 e. The molecule has 0 atom stereocenters. The number of nitrogens with zero attached hydrogens (tertiary/aromatic N) is 2. The topological polar surface area (TPSA) is 29.9 Å². The Hall–Kier alpha value is -3.46. The van der Waals surface area contributed by atoms with Crippen molar-refractivity contribution in [3.05, 3.63) is 83.7 Å². The first-order valence-electron chi connectivity index (χ1n) is 11.3. The molecule has 0 bridgehead atoms. The van der Waals surface area contributed by atoms with E-state index in [0.717, 1.165) is 39.7 Å². The van der Waals surface area contributed by atoms with E-state index in [1.165, 1.54) is 22.3 Å². The van der Waals surface area contributed by atoms with E-state index in [0.29, 0.717) is 11.6 Å². The highest BCUT2D eigenvalue weighted by Gasteiger charge is 2.25. The lowest BCUT2D eigenvalue weighted by atomic mass is 9.93. The average molecular weight is 422 g/mol. The van der Waals surface area contributed by atoms with Crippen molar-refractivity contribution in [3.63, 3.8) is 0 Å². The zero-order valence-electron chi connectivity index (χ0n) is 19.4. The SMILES string of the molecule is Cc1ccc2c(n1)oc1c(-c3c(-c4ccc(CC(C)C)cc4)ccc[n+]3C)c(C)ccc12. The fraction of sp³-hybridized carbons (Fsp3) is 0.241. The van der Waals surface area contributed by atoms with Crippen LogP contribution in [0.25, 0.3) is 44.5 Å². The van der Waals surface area contributed by atoms with E-state index in [9.17, 15) is 0 Å². The van der Waals surface area contributed by atoms with Gasteiger partial charge in [0, 0.05) is 22.5 Å². The summed E-state index contributed by atoms with van der Waals surface area (Å²) < 4.78 is 8.58. The van der Waals surface area contributed by atoms with Gasteiger partial charge in [-0.15, -0.1) is 0 Å². The second-order valence-electron chi connectivity index (χ2n) is 9.22. The molecule has 0 N–H and O–H groups in total. The number of aryl methyl sites for hydroxylation is 3. The number of rotatable bonds is 4. The number of benzene rings is 2. The Bertz CT molecular complexity index is 1440. The molecule has 0 fully saturated rings. The number of furan rings is 1. The summed E-state index contributed by atoms with van der Waals surface area (Å²) in [6.07, 6.45) is 3.20. The van der Waals surface area contributed by atoms with Crippen LogP contribution in [0.4, 0.5) is 0 Å². The van der Waals surface area contributed by atoms with Crippen LogP contribution in [0, 0.1) is 19.8 Å². The summed E-state index contributed by atoms with van der Waals surface area (Å²) in [5.74, 6) is 0.650. The molecule has 0 amide bonds. The first-order valence-corrected chi connectivity index (χ1v) is 11.3. The van der Waals surface area contributed by atoms with Gasteiger partial charge in [-0.3, -0.25) is 0 Å². The molecular weight excluding hydrogens is 392 g/mol. The van der Waals surface area contributed by atoms with Crippen molar-refractivity contribution in [2.45, 2.75) is 34.1 Å². The zero-order valence-corrected chi connectivity index (χ0v) is 19.4. The van der Waals surface area contributed by atoms with E-state index < -0.39 is 0 Å². The van der Waals surface area contributed by atoms with Gasteiger partial charge in [0.15, 0.2) is 11.8 Å². The monoisotopic (exact) mass is 421 g/mol. The number of hydrogen-bond donors (Lipinski definition) is 0. The molecule has 5 aromatic rings. The maximum absolute atomic E-state index is 6.38. The van der Waals surface area contributed by atoms with Crippen molar-refractivity contribution >= 4 is 22.1 Å². The Morgan fingerprint density at radius 1 is 0.906 bits per heavy atom. The molecule has 5 rings (SSSR count). The van der Waals surface area contributed by atoms with Crippen LogP contribution in [0.5, 0.6) is 0 Å². The lowest BCUT2D eigenvalue weighted by Crippen LogP contribution is -2.31. The Morgan fingerprint density at radius 2 is 1.66 bits per heavy atom. The fourth-order valence-corrected chi connectivity index (χ4v) is 4.65. The van der Waals surface area contributed by atoms with E-state index in [-0.39, 0.29) is 0 Å². The first kappa shape index (κ1) is 20.4. The maximum Gasteiger partial charge on any atom is 0.227 e. The van der Waals surface area contributed by atoms with Crippen LogP contribution in [0.1, 0.15) is 30.7 Å². The summed E-state index contributed by atoms with van der Waals surface area (Å²) >= 11 is 0. The summed E-state index contributed by atoms with van der Waals surface area (Å²) in [6.45, 7) is 8.67. The van der Waals surface area contributed by atoms with E-state index in [1.807, 2.05) is 13.0 Å². The van der Waals surface area contributed by atoms with Crippen LogP contribution < -0.4 is 4.57 Å². The lowest BCUT2D eigenvalue weighted by molar-refractivity contribution is -0.659. The van der Waals surface area contributed by atoms with Crippen molar-refractivity contribution in [2.24, 2.45) is 13.0 Å². The molecule has 3 heterocycles. The quantitative estimate of drug-likeness (QED) is 0.294. The highest BCUT2D eigenvalue weighted by atomic mass is 16.3. The van der Waals surface area contributed by atoms with Crippen LogP contribution in [0.15, 0.2) is 71.3 Å². The molecule has 0 aliphatic carbocycles. The third kappa shape index (κ3) is 3.48. The maximum atomic E-state index is 6.38. The average Bonchev–Trinajstić information content (AvgIpc) is 3.12. The van der Waals surface area contributed by atoms with E-state index >= 15 is 0 Å². The van der Waals surface area contributed by atoms with Gasteiger partial charge in [-0.05, 0) is 61.1 Å². The number of fused-ring (bicyclic) bond motifs is 3. The standard InChI is InChI=1S/C29H29N2O/c1-18(2)17-21-10-12-22(13-11-21)23-7-6-16-31(5)27(23)26-19(3)8-14-24-25-15-9-20(4)30-29(25)32-28(24)26/h6-16,18H,17H2,1-5H3/q+1. The van der Waals surface area contributed by atoms with Gasteiger partial charge in [0.1, 0.15) is 7.05 Å². The molecule has 0 aliphatic rings. The second-order valence-corrected chi connectivity index (χ2v) is 9.22. The highest BCUT2D eigenvalue weighted by molar-refractivity contribution is 6.09. The van der Waals surface area contributed by atoms with Crippen molar-refractivity contribution in [1.29, 1.82) is 0 Å².